The first-order valence-electron chi connectivity index (χ1n) is 7.98. The van der Waals surface area contributed by atoms with Crippen molar-refractivity contribution >= 4 is 47.2 Å². The van der Waals surface area contributed by atoms with Crippen LogP contribution in [-0.2, 0) is 30.1 Å². The molecular weight excluding hydrogens is 424 g/mol. The van der Waals surface area contributed by atoms with Gasteiger partial charge in [-0.25, -0.2) is 9.37 Å². The summed E-state index contributed by atoms with van der Waals surface area (Å²) in [6, 6.07) is 0. The molecule has 0 amide bonds. The number of imidazole rings is 1. The second-order valence-corrected chi connectivity index (χ2v) is 9.89. The average molecular weight is 440 g/mol. The molecule has 0 bridgehead atoms. The molecule has 10 nitrogen and oxygen atoms in total. The van der Waals surface area contributed by atoms with Crippen molar-refractivity contribution in [2.45, 2.75) is 43.5 Å². The van der Waals surface area contributed by atoms with Gasteiger partial charge in [-0.3, -0.25) is 18.9 Å². The molecule has 0 radical (unpaired) electrons. The molecule has 2 saturated heterocycles. The van der Waals surface area contributed by atoms with Crippen molar-refractivity contribution in [1.29, 1.82) is 0 Å². The Bertz CT molecular complexity index is 999. The minimum atomic E-state index is -3.17. The molecule has 2 fully saturated rings. The Kier molecular flexibility index (Phi) is 4.58. The number of nitrogens with one attached hydrogen (secondary N) is 1. The largest absolute Gasteiger partial charge is 0.369 e. The van der Waals surface area contributed by atoms with Crippen molar-refractivity contribution in [3.8, 4) is 0 Å². The van der Waals surface area contributed by atoms with E-state index in [4.69, 9.17) is 47.4 Å². The standard InChI is InChI=1S/C13H16ClFN5O5PS/c1-5(2)24-26(27)22-3-6-8(25-26)13(14,15)11(23-6)20-4-17-7-9(20)18-12(16)19-10(7)21/h4-6,8,11H,3H2,1-2H3,(H3,16,18,19,21)/t6-,8-,11-,13+,26+/m1/s1. The predicted molar refractivity (Wildman–Crippen MR) is 97.5 cm³/mol. The van der Waals surface area contributed by atoms with Crippen molar-refractivity contribution < 1.29 is 22.7 Å². The van der Waals surface area contributed by atoms with E-state index in [-0.39, 0.29) is 29.8 Å². The normalized spacial score (nSPS) is 36.4. The smallest absolute Gasteiger partial charge is 0.328 e. The van der Waals surface area contributed by atoms with Gasteiger partial charge in [0.15, 0.2) is 17.4 Å². The molecule has 2 aromatic rings. The summed E-state index contributed by atoms with van der Waals surface area (Å²) in [6.45, 7) is 0.296. The van der Waals surface area contributed by atoms with E-state index >= 15 is 4.39 Å². The van der Waals surface area contributed by atoms with E-state index < -0.39 is 35.8 Å². The van der Waals surface area contributed by atoms with Crippen molar-refractivity contribution in [2.75, 3.05) is 12.3 Å². The van der Waals surface area contributed by atoms with Gasteiger partial charge in [-0.2, -0.15) is 4.98 Å². The molecule has 0 unspecified atom stereocenters. The number of alkyl halides is 2. The van der Waals surface area contributed by atoms with E-state index in [1.165, 1.54) is 10.9 Å². The molecule has 0 aromatic carbocycles. The molecule has 0 aliphatic carbocycles. The number of hydrogen-bond acceptors (Lipinski definition) is 9. The minimum Gasteiger partial charge on any atom is -0.369 e. The fraction of sp³-hybridized carbons (Fsp3) is 0.615. The molecule has 4 heterocycles. The third kappa shape index (κ3) is 3.19. The zero-order chi connectivity index (χ0) is 19.6. The number of aromatic amines is 1. The molecule has 2 aromatic heterocycles. The van der Waals surface area contributed by atoms with E-state index in [0.29, 0.717) is 0 Å². The van der Waals surface area contributed by atoms with E-state index in [9.17, 15) is 4.79 Å². The molecule has 0 spiro atoms. The van der Waals surface area contributed by atoms with Crippen LogP contribution in [0.1, 0.15) is 20.1 Å². The maximum absolute atomic E-state index is 15.6. The monoisotopic (exact) mass is 439 g/mol. The minimum absolute atomic E-state index is 0.0273. The number of rotatable bonds is 3. The van der Waals surface area contributed by atoms with Gasteiger partial charge >= 0.3 is 6.72 Å². The number of anilines is 1. The number of nitrogens with two attached hydrogens (primary N) is 1. The van der Waals surface area contributed by atoms with Gasteiger partial charge in [0.25, 0.3) is 10.7 Å². The van der Waals surface area contributed by atoms with Gasteiger partial charge in [-0.05, 0) is 25.7 Å². The number of fused-ring (bicyclic) bond motifs is 2. The van der Waals surface area contributed by atoms with Gasteiger partial charge < -0.3 is 19.5 Å². The van der Waals surface area contributed by atoms with Crippen molar-refractivity contribution in [1.82, 2.24) is 19.5 Å². The van der Waals surface area contributed by atoms with Crippen LogP contribution in [0.4, 0.5) is 10.3 Å². The molecule has 3 N–H and O–H groups in total. The van der Waals surface area contributed by atoms with Gasteiger partial charge in [0, 0.05) is 0 Å². The van der Waals surface area contributed by atoms with Gasteiger partial charge in [0.05, 0.1) is 19.0 Å². The molecule has 27 heavy (non-hydrogen) atoms. The summed E-state index contributed by atoms with van der Waals surface area (Å²) in [5.41, 5.74) is 5.01. The van der Waals surface area contributed by atoms with E-state index in [1.54, 1.807) is 13.8 Å². The quantitative estimate of drug-likeness (QED) is 0.541. The van der Waals surface area contributed by atoms with E-state index in [0.717, 1.165) is 0 Å². The predicted octanol–water partition coefficient (Wildman–Crippen LogP) is 1.57. The number of ether oxygens (including phenoxy) is 1. The Labute approximate surface area is 162 Å². The first kappa shape index (κ1) is 19.2. The molecule has 148 valence electrons. The lowest BCUT2D eigenvalue weighted by Crippen LogP contribution is -2.43. The summed E-state index contributed by atoms with van der Waals surface area (Å²) in [7, 11) is 0. The fourth-order valence-corrected chi connectivity index (χ4v) is 5.96. The van der Waals surface area contributed by atoms with Crippen molar-refractivity contribution in [2.24, 2.45) is 0 Å². The summed E-state index contributed by atoms with van der Waals surface area (Å²) in [6.07, 6.45) is -2.53. The number of nitrogen functional groups attached to an aromatic ring is 1. The van der Waals surface area contributed by atoms with E-state index in [1.807, 2.05) is 0 Å². The van der Waals surface area contributed by atoms with Crippen LogP contribution in [0.15, 0.2) is 11.1 Å². The van der Waals surface area contributed by atoms with Crippen LogP contribution in [0.2, 0.25) is 0 Å². The van der Waals surface area contributed by atoms with Crippen LogP contribution in [-0.4, -0.2) is 49.6 Å². The number of halogens is 2. The molecule has 4 rings (SSSR count). The first-order chi connectivity index (χ1) is 12.6. The summed E-state index contributed by atoms with van der Waals surface area (Å²) in [5.74, 6) is -0.149. The SMILES string of the molecule is CC(C)O[P@@]1(=S)OC[C@H]2O[C@@H](n3cnc4c(=O)[nH]c(N)nc43)[C@](F)(Cl)[C@@H]2O1. The third-order valence-electron chi connectivity index (χ3n) is 4.03. The average Bonchev–Trinajstić information content (AvgIpc) is 3.05. The van der Waals surface area contributed by atoms with Crippen LogP contribution in [0.5, 0.6) is 0 Å². The number of H-pyrrole nitrogens is 1. The summed E-state index contributed by atoms with van der Waals surface area (Å²) < 4.78 is 39.1. The maximum Gasteiger partial charge on any atom is 0.328 e. The van der Waals surface area contributed by atoms with Crippen LogP contribution in [0.25, 0.3) is 11.2 Å². The van der Waals surface area contributed by atoms with Crippen molar-refractivity contribution in [3.05, 3.63) is 16.7 Å². The Hall–Kier alpha value is -1.14. The van der Waals surface area contributed by atoms with Crippen LogP contribution >= 0.6 is 18.3 Å². The molecule has 2 aliphatic heterocycles. The van der Waals surface area contributed by atoms with Gasteiger partial charge in [0.1, 0.15) is 12.2 Å². The highest BCUT2D eigenvalue weighted by Gasteiger charge is 2.62. The lowest BCUT2D eigenvalue weighted by Gasteiger charge is -2.35. The summed E-state index contributed by atoms with van der Waals surface area (Å²) in [4.78, 5) is 22.2. The van der Waals surface area contributed by atoms with Crippen LogP contribution < -0.4 is 11.3 Å². The van der Waals surface area contributed by atoms with Crippen molar-refractivity contribution in [3.63, 3.8) is 0 Å². The second-order valence-electron chi connectivity index (χ2n) is 6.40. The van der Waals surface area contributed by atoms with Gasteiger partial charge in [0.2, 0.25) is 5.95 Å². The zero-order valence-corrected chi connectivity index (χ0v) is 16.6. The number of nitrogens with zero attached hydrogens (tertiary/aromatic N) is 3. The highest BCUT2D eigenvalue weighted by Crippen LogP contribution is 2.61. The first-order valence-corrected chi connectivity index (χ1v) is 10.9. The number of hydrogen-bond donors (Lipinski definition) is 2. The van der Waals surface area contributed by atoms with Gasteiger partial charge in [-0.15, -0.1) is 0 Å². The molecule has 2 aliphatic rings. The Balaban J connectivity index is 1.71. The fourth-order valence-electron chi connectivity index (χ4n) is 2.99. The summed E-state index contributed by atoms with van der Waals surface area (Å²) in [5, 5.41) is -2.54. The highest BCUT2D eigenvalue weighted by atomic mass is 35.5. The summed E-state index contributed by atoms with van der Waals surface area (Å²) >= 11 is 11.5. The van der Waals surface area contributed by atoms with Gasteiger partial charge in [-0.1, -0.05) is 11.6 Å². The molecule has 5 atom stereocenters. The van der Waals surface area contributed by atoms with E-state index in [2.05, 4.69) is 15.0 Å². The number of aromatic nitrogens is 4. The topological polar surface area (TPSA) is 127 Å². The third-order valence-corrected chi connectivity index (χ3v) is 6.90. The lowest BCUT2D eigenvalue weighted by molar-refractivity contribution is -0.0635. The highest BCUT2D eigenvalue weighted by molar-refractivity contribution is 8.07. The molecule has 0 saturated carbocycles. The Morgan fingerprint density at radius 3 is 3.07 bits per heavy atom. The molecule has 14 heteroatoms. The second kappa shape index (κ2) is 6.45. The lowest BCUT2D eigenvalue weighted by atomic mass is 10.1. The zero-order valence-electron chi connectivity index (χ0n) is 14.2. The maximum atomic E-state index is 15.6. The molecular formula is C13H16ClFN5O5PS. The van der Waals surface area contributed by atoms with Crippen LogP contribution in [0.3, 0.4) is 0 Å². The Morgan fingerprint density at radius 2 is 2.37 bits per heavy atom. The Morgan fingerprint density at radius 1 is 1.63 bits per heavy atom. The van der Waals surface area contributed by atoms with Crippen LogP contribution in [0, 0.1) is 0 Å².